The lowest BCUT2D eigenvalue weighted by molar-refractivity contribution is -0.137. The van der Waals surface area contributed by atoms with Crippen LogP contribution in [0.5, 0.6) is 5.75 Å². The fourth-order valence-electron chi connectivity index (χ4n) is 6.33. The van der Waals surface area contributed by atoms with Crippen LogP contribution in [-0.2, 0) is 21.4 Å². The smallest absolute Gasteiger partial charge is 0.236 e. The summed E-state index contributed by atoms with van der Waals surface area (Å²) in [6, 6.07) is 8.21. The fourth-order valence-corrected chi connectivity index (χ4v) is 6.33. The number of rotatable bonds is 3. The van der Waals surface area contributed by atoms with Gasteiger partial charge in [-0.1, -0.05) is 24.6 Å². The van der Waals surface area contributed by atoms with Crippen molar-refractivity contribution in [3.63, 3.8) is 0 Å². The van der Waals surface area contributed by atoms with Crippen molar-refractivity contribution < 1.29 is 18.7 Å². The minimum absolute atomic E-state index is 0.141. The van der Waals surface area contributed by atoms with Gasteiger partial charge in [0.25, 0.3) is 0 Å². The number of likely N-dealkylation sites (tertiary alicyclic amines) is 2. The van der Waals surface area contributed by atoms with Crippen LogP contribution in [0.25, 0.3) is 0 Å². The quantitative estimate of drug-likeness (QED) is 0.659. The Morgan fingerprint density at radius 2 is 1.87 bits per heavy atom. The third-order valence-electron chi connectivity index (χ3n) is 8.71. The van der Waals surface area contributed by atoms with E-state index >= 15 is 0 Å². The number of fused-ring (bicyclic) bond motifs is 1. The third-order valence-corrected chi connectivity index (χ3v) is 8.71. The standard InChI is InChI=1S/C29H41N5O4/c1-22-31-32-27(38-22)28(2)11-7-16-34(21-28)25(35)20-33-17-13-29(14-18-33)12-6-5-9-23-8-3-4-10-24(23)37-19-15-30-26(29)36/h3-4,8,10H,5-7,9,11-21H2,1-2H3,(H,30,36). The summed E-state index contributed by atoms with van der Waals surface area (Å²) in [5, 5.41) is 11.4. The van der Waals surface area contributed by atoms with Crippen LogP contribution in [0.3, 0.4) is 0 Å². The van der Waals surface area contributed by atoms with E-state index in [-0.39, 0.29) is 22.6 Å². The number of nitrogens with zero attached hydrogens (tertiary/aromatic N) is 4. The van der Waals surface area contributed by atoms with E-state index < -0.39 is 0 Å². The van der Waals surface area contributed by atoms with Gasteiger partial charge in [0.15, 0.2) is 0 Å². The molecule has 1 unspecified atom stereocenters. The monoisotopic (exact) mass is 523 g/mol. The molecule has 2 amide bonds. The van der Waals surface area contributed by atoms with Gasteiger partial charge in [0.1, 0.15) is 12.4 Å². The molecule has 1 N–H and O–H groups in total. The van der Waals surface area contributed by atoms with Gasteiger partial charge >= 0.3 is 0 Å². The maximum absolute atomic E-state index is 13.4. The molecule has 4 heterocycles. The molecule has 9 nitrogen and oxygen atoms in total. The molecule has 1 atom stereocenters. The van der Waals surface area contributed by atoms with Crippen LogP contribution >= 0.6 is 0 Å². The van der Waals surface area contributed by atoms with Crippen LogP contribution in [0.4, 0.5) is 0 Å². The molecule has 206 valence electrons. The van der Waals surface area contributed by atoms with E-state index in [1.807, 2.05) is 17.0 Å². The lowest BCUT2D eigenvalue weighted by Crippen LogP contribution is -2.53. The number of para-hydroxylation sites is 1. The topological polar surface area (TPSA) is 101 Å². The molecule has 2 saturated heterocycles. The molecule has 38 heavy (non-hydrogen) atoms. The Morgan fingerprint density at radius 3 is 2.66 bits per heavy atom. The minimum Gasteiger partial charge on any atom is -0.491 e. The van der Waals surface area contributed by atoms with Crippen LogP contribution in [0, 0.1) is 12.3 Å². The molecule has 0 radical (unpaired) electrons. The number of hydrogen-bond donors (Lipinski definition) is 1. The molecular weight excluding hydrogens is 482 g/mol. The van der Waals surface area contributed by atoms with Gasteiger partial charge < -0.3 is 19.4 Å². The average Bonchev–Trinajstić information content (AvgIpc) is 3.37. The minimum atomic E-state index is -0.363. The molecule has 5 rings (SSSR count). The van der Waals surface area contributed by atoms with Gasteiger partial charge in [-0.3, -0.25) is 14.5 Å². The van der Waals surface area contributed by atoms with Gasteiger partial charge in [0.2, 0.25) is 23.6 Å². The summed E-state index contributed by atoms with van der Waals surface area (Å²) in [5.41, 5.74) is 0.569. The average molecular weight is 524 g/mol. The van der Waals surface area contributed by atoms with E-state index in [0.717, 1.165) is 76.8 Å². The zero-order chi connectivity index (χ0) is 26.6. The molecular formula is C29H41N5O4. The molecule has 1 spiro atoms. The van der Waals surface area contributed by atoms with Crippen molar-refractivity contribution in [3.8, 4) is 5.75 Å². The van der Waals surface area contributed by atoms with E-state index in [2.05, 4.69) is 39.5 Å². The van der Waals surface area contributed by atoms with E-state index in [4.69, 9.17) is 9.15 Å². The van der Waals surface area contributed by atoms with E-state index in [0.29, 0.717) is 38.0 Å². The van der Waals surface area contributed by atoms with Crippen LogP contribution in [0.15, 0.2) is 28.7 Å². The lowest BCUT2D eigenvalue weighted by Gasteiger charge is -2.42. The summed E-state index contributed by atoms with van der Waals surface area (Å²) in [7, 11) is 0. The van der Waals surface area contributed by atoms with E-state index in [9.17, 15) is 9.59 Å². The molecule has 2 fully saturated rings. The van der Waals surface area contributed by atoms with E-state index in [1.165, 1.54) is 5.56 Å². The van der Waals surface area contributed by atoms with Crippen LogP contribution in [-0.4, -0.2) is 77.7 Å². The second-order valence-corrected chi connectivity index (χ2v) is 11.6. The van der Waals surface area contributed by atoms with Crippen molar-refractivity contribution in [1.82, 2.24) is 25.3 Å². The van der Waals surface area contributed by atoms with Crippen LogP contribution in [0.1, 0.15) is 69.2 Å². The van der Waals surface area contributed by atoms with E-state index in [1.54, 1.807) is 6.92 Å². The third kappa shape index (κ3) is 5.87. The highest BCUT2D eigenvalue weighted by Crippen LogP contribution is 2.38. The summed E-state index contributed by atoms with van der Waals surface area (Å²) in [5.74, 6) is 2.38. The number of nitrogens with one attached hydrogen (secondary N) is 1. The highest BCUT2D eigenvalue weighted by atomic mass is 16.5. The predicted molar refractivity (Wildman–Crippen MR) is 143 cm³/mol. The van der Waals surface area contributed by atoms with Crippen molar-refractivity contribution in [1.29, 1.82) is 0 Å². The number of aryl methyl sites for hydroxylation is 2. The van der Waals surface area contributed by atoms with Gasteiger partial charge in [-0.15, -0.1) is 10.2 Å². The number of carbonyl (C=O) groups excluding carboxylic acids is 2. The number of aromatic nitrogens is 2. The van der Waals surface area contributed by atoms with Crippen molar-refractivity contribution in [3.05, 3.63) is 41.6 Å². The summed E-state index contributed by atoms with van der Waals surface area (Å²) < 4.78 is 11.7. The van der Waals surface area contributed by atoms with Gasteiger partial charge in [0, 0.05) is 20.0 Å². The number of hydrogen-bond acceptors (Lipinski definition) is 7. The van der Waals surface area contributed by atoms with Crippen molar-refractivity contribution in [2.75, 3.05) is 45.9 Å². The molecule has 3 aliphatic rings. The SMILES string of the molecule is Cc1nnc(C2(C)CCCN(C(=O)CN3CCC4(CCCCc5ccccc5OCCNC4=O)CC3)C2)o1. The summed E-state index contributed by atoms with van der Waals surface area (Å²) in [6.07, 6.45) is 7.29. The van der Waals surface area contributed by atoms with Crippen molar-refractivity contribution in [2.45, 2.75) is 70.6 Å². The first kappa shape index (κ1) is 26.7. The molecule has 2 aromatic rings. The molecule has 1 aromatic carbocycles. The Morgan fingerprint density at radius 1 is 1.05 bits per heavy atom. The summed E-state index contributed by atoms with van der Waals surface area (Å²) in [6.45, 7) is 8.13. The predicted octanol–water partition coefficient (Wildman–Crippen LogP) is 3.26. The molecule has 3 aliphatic heterocycles. The first-order valence-corrected chi connectivity index (χ1v) is 14.2. The lowest BCUT2D eigenvalue weighted by atomic mass is 9.73. The number of ether oxygens (including phenoxy) is 1. The Hall–Kier alpha value is -2.94. The Balaban J connectivity index is 1.16. The fraction of sp³-hybridized carbons (Fsp3) is 0.655. The van der Waals surface area contributed by atoms with Crippen molar-refractivity contribution >= 4 is 11.8 Å². The molecule has 9 heteroatoms. The number of piperidine rings is 2. The first-order chi connectivity index (χ1) is 18.4. The van der Waals surface area contributed by atoms with Gasteiger partial charge in [-0.25, -0.2) is 0 Å². The molecule has 1 aromatic heterocycles. The molecule has 0 bridgehead atoms. The number of carbonyl (C=O) groups is 2. The van der Waals surface area contributed by atoms with Gasteiger partial charge in [0.05, 0.1) is 23.9 Å². The van der Waals surface area contributed by atoms with Crippen LogP contribution < -0.4 is 10.1 Å². The second kappa shape index (κ2) is 11.4. The number of benzene rings is 1. The largest absolute Gasteiger partial charge is 0.491 e. The maximum Gasteiger partial charge on any atom is 0.236 e. The molecule has 0 aliphatic carbocycles. The summed E-state index contributed by atoms with van der Waals surface area (Å²) in [4.78, 5) is 30.8. The Bertz CT molecular complexity index is 1130. The second-order valence-electron chi connectivity index (χ2n) is 11.6. The molecule has 0 saturated carbocycles. The van der Waals surface area contributed by atoms with Gasteiger partial charge in [-0.05, 0) is 76.6 Å². The maximum atomic E-state index is 13.4. The van der Waals surface area contributed by atoms with Gasteiger partial charge in [-0.2, -0.15) is 0 Å². The Kier molecular flexibility index (Phi) is 8.02. The number of amides is 2. The summed E-state index contributed by atoms with van der Waals surface area (Å²) >= 11 is 0. The first-order valence-electron chi connectivity index (χ1n) is 14.2. The highest BCUT2D eigenvalue weighted by molar-refractivity contribution is 5.83. The zero-order valence-corrected chi connectivity index (χ0v) is 22.8. The normalized spacial score (nSPS) is 25.0. The van der Waals surface area contributed by atoms with Crippen molar-refractivity contribution in [2.24, 2.45) is 5.41 Å². The zero-order valence-electron chi connectivity index (χ0n) is 22.8. The Labute approximate surface area is 225 Å². The highest BCUT2D eigenvalue weighted by Gasteiger charge is 2.42. The van der Waals surface area contributed by atoms with Crippen LogP contribution in [0.2, 0.25) is 0 Å².